The van der Waals surface area contributed by atoms with Gasteiger partial charge in [-0.3, -0.25) is 24.5 Å². The zero-order valence-corrected chi connectivity index (χ0v) is 23.1. The normalized spacial score (nSPS) is 11.7. The highest BCUT2D eigenvalue weighted by Crippen LogP contribution is 2.33. The number of nitrogens with one attached hydrogen (secondary N) is 2. The summed E-state index contributed by atoms with van der Waals surface area (Å²) in [7, 11) is 0. The van der Waals surface area contributed by atoms with Crippen LogP contribution in [0.3, 0.4) is 0 Å². The van der Waals surface area contributed by atoms with E-state index >= 15 is 0 Å². The predicted molar refractivity (Wildman–Crippen MR) is 155 cm³/mol. The number of carbonyl (C=O) groups excluding carboxylic acids is 3. The molecule has 0 heterocycles. The molecule has 0 fully saturated rings. The summed E-state index contributed by atoms with van der Waals surface area (Å²) in [4.78, 5) is 53.7. The number of amides is 1. The van der Waals surface area contributed by atoms with Gasteiger partial charge < -0.3 is 16.2 Å². The summed E-state index contributed by atoms with van der Waals surface area (Å²) in [5, 5.41) is 23.0. The van der Waals surface area contributed by atoms with Gasteiger partial charge in [-0.05, 0) is 35.4 Å². The largest absolute Gasteiger partial charge is 0.481 e. The van der Waals surface area contributed by atoms with Crippen LogP contribution in [0.4, 0.5) is 5.69 Å². The molecule has 3 aromatic carbocycles. The van der Waals surface area contributed by atoms with Gasteiger partial charge in [0.1, 0.15) is 0 Å². The number of nitrogens with two attached hydrogens (primary N) is 1. The molecular weight excluding hydrogens is 569 g/mol. The second-order valence-corrected chi connectivity index (χ2v) is 9.67. The molecule has 1 atom stereocenters. The van der Waals surface area contributed by atoms with E-state index in [4.69, 9.17) is 34.2 Å². The average molecular weight is 594 g/mol. The van der Waals surface area contributed by atoms with Gasteiger partial charge in [0.25, 0.3) is 0 Å². The van der Waals surface area contributed by atoms with Crippen LogP contribution in [0.15, 0.2) is 71.7 Å². The lowest BCUT2D eigenvalue weighted by Gasteiger charge is -2.15. The second kappa shape index (κ2) is 14.6. The van der Waals surface area contributed by atoms with E-state index < -0.39 is 30.0 Å². The van der Waals surface area contributed by atoms with Gasteiger partial charge in [0.2, 0.25) is 11.9 Å². The second-order valence-electron chi connectivity index (χ2n) is 8.85. The van der Waals surface area contributed by atoms with Crippen molar-refractivity contribution in [1.29, 1.82) is 5.26 Å². The molecular formula is C29H25Cl2N5O5. The Morgan fingerprint density at radius 3 is 2.24 bits per heavy atom. The Kier molecular flexibility index (Phi) is 11.0. The molecule has 0 unspecified atom stereocenters. The number of hydrogen-bond acceptors (Lipinski definition) is 6. The first-order valence-electron chi connectivity index (χ1n) is 12.3. The minimum atomic E-state index is -1.29. The number of rotatable bonds is 12. The highest BCUT2D eigenvalue weighted by Gasteiger charge is 2.26. The van der Waals surface area contributed by atoms with Crippen LogP contribution in [0.2, 0.25) is 10.0 Å². The van der Waals surface area contributed by atoms with Crippen LogP contribution >= 0.6 is 23.2 Å². The van der Waals surface area contributed by atoms with Gasteiger partial charge >= 0.3 is 5.97 Å². The Morgan fingerprint density at radius 2 is 1.61 bits per heavy atom. The molecule has 5 N–H and O–H groups in total. The van der Waals surface area contributed by atoms with E-state index in [0.29, 0.717) is 11.3 Å². The summed E-state index contributed by atoms with van der Waals surface area (Å²) >= 11 is 12.7. The van der Waals surface area contributed by atoms with Crippen LogP contribution in [0.1, 0.15) is 40.0 Å². The van der Waals surface area contributed by atoms with Crippen molar-refractivity contribution in [1.82, 2.24) is 10.6 Å². The molecule has 0 saturated carbocycles. The van der Waals surface area contributed by atoms with Crippen LogP contribution in [-0.4, -0.2) is 41.1 Å². The lowest BCUT2D eigenvalue weighted by Crippen LogP contribution is -2.34. The molecule has 1 amide bonds. The van der Waals surface area contributed by atoms with Gasteiger partial charge in [-0.2, -0.15) is 5.26 Å². The molecule has 0 aliphatic carbocycles. The van der Waals surface area contributed by atoms with Crippen molar-refractivity contribution in [3.63, 3.8) is 0 Å². The van der Waals surface area contributed by atoms with Crippen LogP contribution in [0.5, 0.6) is 0 Å². The molecule has 0 bridgehead atoms. The van der Waals surface area contributed by atoms with E-state index in [1.54, 1.807) is 36.5 Å². The van der Waals surface area contributed by atoms with Crippen molar-refractivity contribution in [3.8, 4) is 17.3 Å². The number of nitriles is 1. The maximum Gasteiger partial charge on any atom is 0.308 e. The van der Waals surface area contributed by atoms with Crippen molar-refractivity contribution in [3.05, 3.63) is 87.9 Å². The molecule has 0 spiro atoms. The molecule has 41 heavy (non-hydrogen) atoms. The monoisotopic (exact) mass is 593 g/mol. The average Bonchev–Trinajstić information content (AvgIpc) is 2.94. The first-order chi connectivity index (χ1) is 19.6. The molecule has 3 rings (SSSR count). The van der Waals surface area contributed by atoms with E-state index in [0.717, 1.165) is 5.56 Å². The highest BCUT2D eigenvalue weighted by atomic mass is 35.5. The third kappa shape index (κ3) is 8.89. The highest BCUT2D eigenvalue weighted by molar-refractivity contribution is 6.40. The Hall–Kier alpha value is -4.72. The summed E-state index contributed by atoms with van der Waals surface area (Å²) in [5.41, 5.74) is 7.70. The molecule has 0 saturated heterocycles. The van der Waals surface area contributed by atoms with E-state index in [1.807, 2.05) is 30.3 Å². The van der Waals surface area contributed by atoms with Gasteiger partial charge in [-0.15, -0.1) is 0 Å². The predicted octanol–water partition coefficient (Wildman–Crippen LogP) is 4.73. The van der Waals surface area contributed by atoms with Gasteiger partial charge in [0.15, 0.2) is 17.8 Å². The quantitative estimate of drug-likeness (QED) is 0.0765. The molecule has 210 valence electrons. The summed E-state index contributed by atoms with van der Waals surface area (Å²) in [5.74, 6) is -4.16. The number of Topliss-reactive ketones (excluding diaryl/α,β-unsaturated/α-hetero) is 2. The topological polar surface area (TPSA) is 175 Å². The fourth-order valence-electron chi connectivity index (χ4n) is 3.88. The number of ketones is 2. The van der Waals surface area contributed by atoms with Gasteiger partial charge in [-0.1, -0.05) is 65.7 Å². The summed E-state index contributed by atoms with van der Waals surface area (Å²) in [6.07, 6.45) is 0.825. The zero-order chi connectivity index (χ0) is 29.9. The van der Waals surface area contributed by atoms with Crippen molar-refractivity contribution >= 4 is 58.3 Å². The van der Waals surface area contributed by atoms with E-state index in [9.17, 15) is 24.3 Å². The zero-order valence-electron chi connectivity index (χ0n) is 21.6. The number of nitrogens with zero attached hydrogens (tertiary/aromatic N) is 2. The number of carboxylic acids is 1. The Morgan fingerprint density at radius 1 is 0.927 bits per heavy atom. The molecule has 0 aromatic heterocycles. The summed E-state index contributed by atoms with van der Waals surface area (Å²) in [6, 6.07) is 18.6. The van der Waals surface area contributed by atoms with Gasteiger partial charge in [0, 0.05) is 31.4 Å². The van der Waals surface area contributed by atoms with E-state index in [1.165, 1.54) is 6.07 Å². The summed E-state index contributed by atoms with van der Waals surface area (Å²) < 4.78 is 0. The maximum absolute atomic E-state index is 13.0. The van der Waals surface area contributed by atoms with E-state index in [2.05, 4.69) is 15.6 Å². The van der Waals surface area contributed by atoms with Crippen LogP contribution in [-0.2, 0) is 9.59 Å². The summed E-state index contributed by atoms with van der Waals surface area (Å²) in [6.45, 7) is -0.333. The molecule has 0 aliphatic heterocycles. The van der Waals surface area contributed by atoms with Crippen molar-refractivity contribution in [2.45, 2.75) is 19.3 Å². The molecule has 3 aromatic rings. The lowest BCUT2D eigenvalue weighted by molar-refractivity contribution is -0.141. The maximum atomic E-state index is 13.0. The molecule has 12 heteroatoms. The Balaban J connectivity index is 1.57. The number of halogens is 2. The Labute approximate surface area is 245 Å². The molecule has 0 radical (unpaired) electrons. The number of aliphatic carboxylic acids is 1. The lowest BCUT2D eigenvalue weighted by atomic mass is 9.96. The third-order valence-electron chi connectivity index (χ3n) is 5.94. The van der Waals surface area contributed by atoms with Crippen molar-refractivity contribution < 1.29 is 24.3 Å². The number of carboxylic acid groups (broad SMARTS) is 1. The number of aliphatic imine (C=N–C) groups is 1. The smallest absolute Gasteiger partial charge is 0.308 e. The van der Waals surface area contributed by atoms with Gasteiger partial charge in [-0.25, -0.2) is 4.99 Å². The minimum Gasteiger partial charge on any atom is -0.481 e. The number of guanidine groups is 1. The number of hydrogen-bond donors (Lipinski definition) is 4. The number of carbonyl (C=O) groups is 4. The molecule has 10 nitrogen and oxygen atoms in total. The van der Waals surface area contributed by atoms with E-state index in [-0.39, 0.29) is 52.3 Å². The number of benzene rings is 3. The first-order valence-corrected chi connectivity index (χ1v) is 13.0. The third-order valence-corrected chi connectivity index (χ3v) is 6.53. The van der Waals surface area contributed by atoms with Crippen LogP contribution in [0, 0.1) is 17.4 Å². The standard InChI is InChI=1S/C29H25Cl2N5O5/c30-22-12-19(17-5-2-1-3-6-17)13-23(31)27(22)25(38)14-20(28(40)41)15-34-26(39)10-9-24(37)18-7-4-8-21(11-18)36-29(33)35-16-32/h1-8,11-13,20H,9-10,14-15H2,(H,34,39)(H,40,41)(H3,33,35,36)/t20-/m0/s1. The van der Waals surface area contributed by atoms with Crippen molar-refractivity contribution in [2.75, 3.05) is 6.54 Å². The van der Waals surface area contributed by atoms with Crippen LogP contribution < -0.4 is 16.4 Å². The fourth-order valence-corrected chi connectivity index (χ4v) is 4.58. The SMILES string of the molecule is N#CNC(N)=Nc1cccc(C(=O)CCC(=O)NC[C@H](CC(=O)c2c(Cl)cc(-c3ccccc3)cc2Cl)C(=O)O)c1. The van der Waals surface area contributed by atoms with Crippen LogP contribution in [0.25, 0.3) is 11.1 Å². The fraction of sp³-hybridized carbons (Fsp3) is 0.172. The first kappa shape index (κ1) is 30.8. The van der Waals surface area contributed by atoms with Crippen molar-refractivity contribution in [2.24, 2.45) is 16.6 Å². The molecule has 0 aliphatic rings. The van der Waals surface area contributed by atoms with Gasteiger partial charge in [0.05, 0.1) is 27.2 Å². The minimum absolute atomic E-state index is 0.00733. The Bertz CT molecular complexity index is 1510.